The maximum Gasteiger partial charge on any atom is 0.322 e. The minimum absolute atomic E-state index is 0.197. The second-order valence-corrected chi connectivity index (χ2v) is 7.87. The van der Waals surface area contributed by atoms with Crippen molar-refractivity contribution in [3.63, 3.8) is 0 Å². The Labute approximate surface area is 120 Å². The van der Waals surface area contributed by atoms with Gasteiger partial charge in [-0.1, -0.05) is 30.6 Å². The lowest BCUT2D eigenvalue weighted by atomic mass is 9.84. The van der Waals surface area contributed by atoms with Crippen molar-refractivity contribution >= 4 is 27.3 Å². The highest BCUT2D eigenvalue weighted by Gasteiger charge is 2.33. The summed E-state index contributed by atoms with van der Waals surface area (Å²) in [5, 5.41) is 8.63. The van der Waals surface area contributed by atoms with Gasteiger partial charge >= 0.3 is 5.97 Å². The lowest BCUT2D eigenvalue weighted by Gasteiger charge is -2.27. The van der Waals surface area contributed by atoms with Gasteiger partial charge in [-0.15, -0.1) is 0 Å². The maximum atomic E-state index is 12.9. The summed E-state index contributed by atoms with van der Waals surface area (Å²) in [6, 6.07) is 1.04. The zero-order valence-corrected chi connectivity index (χ0v) is 12.3. The molecule has 1 heterocycles. The zero-order chi connectivity index (χ0) is 14.8. The Hall–Kier alpha value is -0.990. The van der Waals surface area contributed by atoms with Gasteiger partial charge in [-0.25, -0.2) is 8.42 Å². The Balaban J connectivity index is 2.17. The van der Waals surface area contributed by atoms with Crippen LogP contribution in [-0.2, 0) is 14.8 Å². The van der Waals surface area contributed by atoms with Gasteiger partial charge in [0.15, 0.2) is 5.13 Å². The van der Waals surface area contributed by atoms with Crippen molar-refractivity contribution in [2.45, 2.75) is 42.4 Å². The number of nitrogens with one attached hydrogen (secondary N) is 1. The van der Waals surface area contributed by atoms with Crippen LogP contribution in [0.15, 0.2) is 16.3 Å². The normalized spacial score (nSPS) is 18.9. The van der Waals surface area contributed by atoms with Gasteiger partial charge in [-0.05, 0) is 30.9 Å². The highest BCUT2D eigenvalue weighted by atomic mass is 32.2. The average Bonchev–Trinajstić information content (AvgIpc) is 2.84. The van der Waals surface area contributed by atoms with E-state index in [4.69, 9.17) is 0 Å². The predicted molar refractivity (Wildman–Crippen MR) is 72.6 cm³/mol. The molecule has 0 bridgehead atoms. The Kier molecular flexibility index (Phi) is 4.77. The fourth-order valence-corrected chi connectivity index (χ4v) is 4.76. The van der Waals surface area contributed by atoms with Crippen molar-refractivity contribution in [2.75, 3.05) is 0 Å². The van der Waals surface area contributed by atoms with Crippen LogP contribution in [0.4, 0.5) is 4.39 Å². The van der Waals surface area contributed by atoms with Crippen molar-refractivity contribution in [3.8, 4) is 0 Å². The SMILES string of the molecule is O=C(O)[C@H](NS(=O)(=O)c1ccc(F)s1)C1CCCCC1. The maximum absolute atomic E-state index is 12.9. The first-order chi connectivity index (χ1) is 9.40. The van der Waals surface area contributed by atoms with Gasteiger partial charge in [-0.2, -0.15) is 9.11 Å². The third kappa shape index (κ3) is 3.56. The van der Waals surface area contributed by atoms with Crippen LogP contribution in [0.5, 0.6) is 0 Å². The fourth-order valence-electron chi connectivity index (χ4n) is 2.48. The highest BCUT2D eigenvalue weighted by Crippen LogP contribution is 2.28. The number of carbonyl (C=O) groups is 1. The molecule has 8 heteroatoms. The molecule has 2 N–H and O–H groups in total. The van der Waals surface area contributed by atoms with Gasteiger partial charge in [0.25, 0.3) is 10.0 Å². The lowest BCUT2D eigenvalue weighted by Crippen LogP contribution is -2.46. The summed E-state index contributed by atoms with van der Waals surface area (Å²) in [6.07, 6.45) is 4.25. The van der Waals surface area contributed by atoms with E-state index in [0.717, 1.165) is 31.4 Å². The molecule has 0 radical (unpaired) electrons. The standard InChI is InChI=1S/C12H16FNO4S2/c13-9-6-7-10(19-9)20(17,18)14-11(12(15)16)8-4-2-1-3-5-8/h6-8,11,14H,1-5H2,(H,15,16)/t11-/m1/s1. The van der Waals surface area contributed by atoms with E-state index in [1.807, 2.05) is 0 Å². The zero-order valence-electron chi connectivity index (χ0n) is 10.7. The molecule has 2 rings (SSSR count). The van der Waals surface area contributed by atoms with Crippen molar-refractivity contribution in [1.29, 1.82) is 0 Å². The number of carboxylic acids is 1. The number of carboxylic acid groups (broad SMARTS) is 1. The molecule has 0 unspecified atom stereocenters. The minimum Gasteiger partial charge on any atom is -0.480 e. The van der Waals surface area contributed by atoms with Crippen LogP contribution >= 0.6 is 11.3 Å². The molecule has 0 saturated heterocycles. The van der Waals surface area contributed by atoms with Gasteiger partial charge in [0.2, 0.25) is 0 Å². The molecule has 0 aromatic carbocycles. The molecule has 1 aromatic heterocycles. The van der Waals surface area contributed by atoms with E-state index in [1.54, 1.807) is 0 Å². The molecule has 20 heavy (non-hydrogen) atoms. The largest absolute Gasteiger partial charge is 0.480 e. The minimum atomic E-state index is -3.99. The summed E-state index contributed by atoms with van der Waals surface area (Å²) >= 11 is 0.485. The summed E-state index contributed by atoms with van der Waals surface area (Å²) < 4.78 is 39.1. The van der Waals surface area contributed by atoms with E-state index in [-0.39, 0.29) is 10.1 Å². The van der Waals surface area contributed by atoms with E-state index in [0.29, 0.717) is 24.2 Å². The average molecular weight is 321 g/mol. The number of aliphatic carboxylic acids is 1. The van der Waals surface area contributed by atoms with Crippen LogP contribution in [0.3, 0.4) is 0 Å². The second kappa shape index (κ2) is 6.19. The summed E-state index contributed by atoms with van der Waals surface area (Å²) in [6.45, 7) is 0. The van der Waals surface area contributed by atoms with E-state index >= 15 is 0 Å². The van der Waals surface area contributed by atoms with Crippen molar-refractivity contribution in [3.05, 3.63) is 17.3 Å². The summed E-state index contributed by atoms with van der Waals surface area (Å²) in [5.41, 5.74) is 0. The first kappa shape index (κ1) is 15.4. The van der Waals surface area contributed by atoms with E-state index in [2.05, 4.69) is 4.72 Å². The Morgan fingerprint density at radius 2 is 2.00 bits per heavy atom. The van der Waals surface area contributed by atoms with Gasteiger partial charge in [-0.3, -0.25) is 4.79 Å². The first-order valence-electron chi connectivity index (χ1n) is 6.40. The smallest absolute Gasteiger partial charge is 0.322 e. The van der Waals surface area contributed by atoms with Crippen LogP contribution in [0.25, 0.3) is 0 Å². The van der Waals surface area contributed by atoms with E-state index < -0.39 is 27.2 Å². The van der Waals surface area contributed by atoms with Gasteiger partial charge in [0, 0.05) is 0 Å². The van der Waals surface area contributed by atoms with Crippen LogP contribution in [0.2, 0.25) is 0 Å². The molecule has 1 atom stereocenters. The van der Waals surface area contributed by atoms with Gasteiger partial charge in [0.05, 0.1) is 0 Å². The number of thiophene rings is 1. The molecule has 0 aliphatic heterocycles. The Morgan fingerprint density at radius 1 is 1.35 bits per heavy atom. The quantitative estimate of drug-likeness (QED) is 0.871. The number of halogens is 1. The van der Waals surface area contributed by atoms with Crippen LogP contribution in [0.1, 0.15) is 32.1 Å². The van der Waals surface area contributed by atoms with Gasteiger partial charge in [0.1, 0.15) is 10.3 Å². The Bertz CT molecular complexity index is 578. The van der Waals surface area contributed by atoms with E-state index in [9.17, 15) is 22.7 Å². The third-order valence-corrected chi connectivity index (χ3v) is 6.29. The van der Waals surface area contributed by atoms with Crippen LogP contribution in [0, 0.1) is 11.0 Å². The predicted octanol–water partition coefficient (Wildman–Crippen LogP) is 2.20. The highest BCUT2D eigenvalue weighted by molar-refractivity contribution is 7.91. The second-order valence-electron chi connectivity index (χ2n) is 4.89. The first-order valence-corrected chi connectivity index (χ1v) is 8.70. The summed E-state index contributed by atoms with van der Waals surface area (Å²) in [7, 11) is -3.99. The number of rotatable bonds is 5. The van der Waals surface area contributed by atoms with E-state index in [1.165, 1.54) is 0 Å². The van der Waals surface area contributed by atoms with Crippen molar-refractivity contribution in [1.82, 2.24) is 4.72 Å². The molecule has 1 aromatic rings. The lowest BCUT2D eigenvalue weighted by molar-refractivity contribution is -0.140. The molecule has 1 aliphatic carbocycles. The van der Waals surface area contributed by atoms with Crippen LogP contribution < -0.4 is 4.72 Å². The molecule has 1 fully saturated rings. The number of hydrogen-bond acceptors (Lipinski definition) is 4. The summed E-state index contributed by atoms with van der Waals surface area (Å²) in [5.74, 6) is -1.39. The van der Waals surface area contributed by atoms with Crippen molar-refractivity contribution < 1.29 is 22.7 Å². The third-order valence-electron chi connectivity index (χ3n) is 3.48. The molecule has 5 nitrogen and oxygen atoms in total. The van der Waals surface area contributed by atoms with Crippen molar-refractivity contribution in [2.24, 2.45) is 5.92 Å². The summed E-state index contributed by atoms with van der Waals surface area (Å²) in [4.78, 5) is 11.3. The number of hydrogen-bond donors (Lipinski definition) is 2. The monoisotopic (exact) mass is 321 g/mol. The number of sulfonamides is 1. The molecule has 1 aliphatic rings. The molecule has 0 spiro atoms. The van der Waals surface area contributed by atoms with Crippen LogP contribution in [-0.4, -0.2) is 25.5 Å². The molecular weight excluding hydrogens is 305 g/mol. The molecule has 112 valence electrons. The van der Waals surface area contributed by atoms with Gasteiger partial charge < -0.3 is 5.11 Å². The Morgan fingerprint density at radius 3 is 2.50 bits per heavy atom. The molecular formula is C12H16FNO4S2. The fraction of sp³-hybridized carbons (Fsp3) is 0.583. The molecule has 0 amide bonds. The molecule has 1 saturated carbocycles. The topological polar surface area (TPSA) is 83.5 Å².